The number of rotatable bonds is 3. The monoisotopic (exact) mass is 397 g/mol. The van der Waals surface area contributed by atoms with Gasteiger partial charge in [0.25, 0.3) is 0 Å². The molecule has 0 spiro atoms. The van der Waals surface area contributed by atoms with Crippen molar-refractivity contribution in [3.05, 3.63) is 76.5 Å². The second kappa shape index (κ2) is 7.02. The fraction of sp³-hybridized carbons (Fsp3) is 0.0500. The molecular formula is C20H13Cl2N3O2. The zero-order valence-corrected chi connectivity index (χ0v) is 15.7. The molecule has 134 valence electrons. The topological polar surface area (TPSA) is 56.5 Å². The van der Waals surface area contributed by atoms with E-state index < -0.39 is 5.97 Å². The van der Waals surface area contributed by atoms with E-state index in [1.54, 1.807) is 30.5 Å². The van der Waals surface area contributed by atoms with Gasteiger partial charge in [0, 0.05) is 16.1 Å². The average molecular weight is 398 g/mol. The van der Waals surface area contributed by atoms with Crippen LogP contribution in [0.5, 0.6) is 0 Å². The summed E-state index contributed by atoms with van der Waals surface area (Å²) in [6, 6.07) is 16.4. The molecule has 0 radical (unpaired) electrons. The third kappa shape index (κ3) is 3.16. The number of hydrogen-bond acceptors (Lipinski definition) is 4. The zero-order chi connectivity index (χ0) is 19.0. The first-order chi connectivity index (χ1) is 13.1. The number of halogens is 2. The number of carbonyl (C=O) groups excluding carboxylic acids is 1. The molecule has 0 fully saturated rings. The van der Waals surface area contributed by atoms with Crippen molar-refractivity contribution in [2.75, 3.05) is 7.11 Å². The number of nitrogens with zero attached hydrogens (tertiary/aromatic N) is 3. The molecule has 2 heterocycles. The standard InChI is InChI=1S/C20H13Cl2N3O2/c1-27-20(26)18-10-17(14-8-7-13(21)9-16(14)22)24-19-15(11-23-25(18)19)12-5-3-2-4-6-12/h2-11H,1H3. The van der Waals surface area contributed by atoms with Crippen molar-refractivity contribution in [2.45, 2.75) is 0 Å². The first-order valence-electron chi connectivity index (χ1n) is 8.06. The molecule has 0 aliphatic carbocycles. The number of esters is 1. The van der Waals surface area contributed by atoms with Gasteiger partial charge in [0.05, 0.1) is 24.0 Å². The van der Waals surface area contributed by atoms with Crippen molar-refractivity contribution in [3.8, 4) is 22.4 Å². The molecule has 5 nitrogen and oxygen atoms in total. The molecule has 0 amide bonds. The van der Waals surface area contributed by atoms with Gasteiger partial charge in [-0.25, -0.2) is 14.3 Å². The number of hydrogen-bond donors (Lipinski definition) is 0. The highest BCUT2D eigenvalue weighted by molar-refractivity contribution is 6.36. The summed E-state index contributed by atoms with van der Waals surface area (Å²) in [6.45, 7) is 0. The summed E-state index contributed by atoms with van der Waals surface area (Å²) in [5.74, 6) is -0.517. The van der Waals surface area contributed by atoms with Gasteiger partial charge in [-0.3, -0.25) is 0 Å². The summed E-state index contributed by atoms with van der Waals surface area (Å²) in [5.41, 5.74) is 3.72. The zero-order valence-electron chi connectivity index (χ0n) is 14.2. The first-order valence-corrected chi connectivity index (χ1v) is 8.82. The maximum absolute atomic E-state index is 12.3. The first kappa shape index (κ1) is 17.5. The third-order valence-corrected chi connectivity index (χ3v) is 4.71. The van der Waals surface area contributed by atoms with E-state index in [0.29, 0.717) is 26.9 Å². The van der Waals surface area contributed by atoms with Crippen molar-refractivity contribution in [1.29, 1.82) is 0 Å². The fourth-order valence-electron chi connectivity index (χ4n) is 2.87. The molecule has 0 atom stereocenters. The molecule has 7 heteroatoms. The number of aromatic nitrogens is 3. The van der Waals surface area contributed by atoms with Crippen LogP contribution in [0.4, 0.5) is 0 Å². The van der Waals surface area contributed by atoms with Crippen LogP contribution in [0, 0.1) is 0 Å². The van der Waals surface area contributed by atoms with Crippen LogP contribution in [0.3, 0.4) is 0 Å². The van der Waals surface area contributed by atoms with Gasteiger partial charge in [-0.15, -0.1) is 0 Å². The van der Waals surface area contributed by atoms with E-state index in [9.17, 15) is 4.79 Å². The molecule has 0 bridgehead atoms. The molecule has 0 saturated carbocycles. The Morgan fingerprint density at radius 1 is 1.04 bits per heavy atom. The average Bonchev–Trinajstić information content (AvgIpc) is 3.11. The predicted molar refractivity (Wildman–Crippen MR) is 105 cm³/mol. The Labute approximate surface area is 165 Å². The van der Waals surface area contributed by atoms with Crippen LogP contribution in [-0.2, 0) is 4.74 Å². The lowest BCUT2D eigenvalue weighted by Gasteiger charge is -2.09. The summed E-state index contributed by atoms with van der Waals surface area (Å²) in [7, 11) is 1.32. The van der Waals surface area contributed by atoms with Crippen molar-refractivity contribution in [3.63, 3.8) is 0 Å². The quantitative estimate of drug-likeness (QED) is 0.448. The van der Waals surface area contributed by atoms with E-state index >= 15 is 0 Å². The second-order valence-corrected chi connectivity index (χ2v) is 6.65. The summed E-state index contributed by atoms with van der Waals surface area (Å²) < 4.78 is 6.39. The highest BCUT2D eigenvalue weighted by Gasteiger charge is 2.19. The Balaban J connectivity index is 2.02. The second-order valence-electron chi connectivity index (χ2n) is 5.80. The highest BCUT2D eigenvalue weighted by Crippen LogP contribution is 2.32. The minimum atomic E-state index is -0.517. The molecule has 0 aliphatic rings. The molecule has 4 aromatic rings. The van der Waals surface area contributed by atoms with E-state index in [4.69, 9.17) is 32.9 Å². The third-order valence-electron chi connectivity index (χ3n) is 4.16. The summed E-state index contributed by atoms with van der Waals surface area (Å²) in [4.78, 5) is 17.0. The van der Waals surface area contributed by atoms with Crippen molar-refractivity contribution < 1.29 is 9.53 Å². The smallest absolute Gasteiger partial charge is 0.356 e. The van der Waals surface area contributed by atoms with Crippen molar-refractivity contribution in [1.82, 2.24) is 14.6 Å². The van der Waals surface area contributed by atoms with E-state index in [1.807, 2.05) is 30.3 Å². The van der Waals surface area contributed by atoms with E-state index in [1.165, 1.54) is 11.6 Å². The molecule has 2 aromatic carbocycles. The summed E-state index contributed by atoms with van der Waals surface area (Å²) >= 11 is 12.3. The van der Waals surface area contributed by atoms with Crippen LogP contribution in [0.1, 0.15) is 10.5 Å². The van der Waals surface area contributed by atoms with Crippen LogP contribution in [0.15, 0.2) is 60.8 Å². The van der Waals surface area contributed by atoms with Crippen molar-refractivity contribution in [2.24, 2.45) is 0 Å². The molecular weight excluding hydrogens is 385 g/mol. The molecule has 0 N–H and O–H groups in total. The Bertz CT molecular complexity index is 1160. The van der Waals surface area contributed by atoms with E-state index in [-0.39, 0.29) is 5.69 Å². The lowest BCUT2D eigenvalue weighted by Crippen LogP contribution is -2.10. The van der Waals surface area contributed by atoms with Crippen molar-refractivity contribution >= 4 is 34.8 Å². The number of carbonyl (C=O) groups is 1. The van der Waals surface area contributed by atoms with Gasteiger partial charge in [-0.1, -0.05) is 53.5 Å². The Morgan fingerprint density at radius 3 is 2.52 bits per heavy atom. The summed E-state index contributed by atoms with van der Waals surface area (Å²) in [5, 5.41) is 5.30. The Morgan fingerprint density at radius 2 is 1.81 bits per heavy atom. The van der Waals surface area contributed by atoms with Crippen LogP contribution in [0.2, 0.25) is 10.0 Å². The van der Waals surface area contributed by atoms with Crippen LogP contribution < -0.4 is 0 Å². The number of ether oxygens (including phenoxy) is 1. The van der Waals surface area contributed by atoms with E-state index in [2.05, 4.69) is 5.10 Å². The van der Waals surface area contributed by atoms with Gasteiger partial charge in [0.1, 0.15) is 0 Å². The SMILES string of the molecule is COC(=O)c1cc(-c2ccc(Cl)cc2Cl)nc2c(-c3ccccc3)cnn12. The Hall–Kier alpha value is -2.89. The largest absolute Gasteiger partial charge is 0.464 e. The summed E-state index contributed by atoms with van der Waals surface area (Å²) in [6.07, 6.45) is 1.68. The predicted octanol–water partition coefficient (Wildman–Crippen LogP) is 5.16. The highest BCUT2D eigenvalue weighted by atomic mass is 35.5. The van der Waals surface area contributed by atoms with Crippen LogP contribution in [-0.4, -0.2) is 27.7 Å². The minimum Gasteiger partial charge on any atom is -0.464 e. The van der Waals surface area contributed by atoms with Crippen LogP contribution in [0.25, 0.3) is 28.0 Å². The number of methoxy groups -OCH3 is 1. The lowest BCUT2D eigenvalue weighted by atomic mass is 10.1. The molecule has 0 unspecified atom stereocenters. The van der Waals surface area contributed by atoms with Gasteiger partial charge >= 0.3 is 5.97 Å². The number of fused-ring (bicyclic) bond motifs is 1. The maximum Gasteiger partial charge on any atom is 0.356 e. The van der Waals surface area contributed by atoms with Gasteiger partial charge < -0.3 is 4.74 Å². The van der Waals surface area contributed by atoms with Gasteiger partial charge in [0.2, 0.25) is 0 Å². The minimum absolute atomic E-state index is 0.255. The molecule has 4 rings (SSSR count). The lowest BCUT2D eigenvalue weighted by molar-refractivity contribution is 0.0590. The maximum atomic E-state index is 12.3. The van der Waals surface area contributed by atoms with E-state index in [0.717, 1.165) is 11.1 Å². The fourth-order valence-corrected chi connectivity index (χ4v) is 3.37. The van der Waals surface area contributed by atoms with Gasteiger partial charge in [0.15, 0.2) is 11.3 Å². The molecule has 27 heavy (non-hydrogen) atoms. The molecule has 2 aromatic heterocycles. The normalized spacial score (nSPS) is 10.9. The number of benzene rings is 2. The molecule has 0 saturated heterocycles. The van der Waals surface area contributed by atoms with Gasteiger partial charge in [-0.2, -0.15) is 5.10 Å². The molecule has 0 aliphatic heterocycles. The Kier molecular flexibility index (Phi) is 4.56. The van der Waals surface area contributed by atoms with Gasteiger partial charge in [-0.05, 0) is 29.8 Å². The van der Waals surface area contributed by atoms with Crippen LogP contribution >= 0.6 is 23.2 Å².